The van der Waals surface area contributed by atoms with Crippen molar-refractivity contribution in [3.05, 3.63) is 102 Å². The summed E-state index contributed by atoms with van der Waals surface area (Å²) in [6.07, 6.45) is 0.201. The number of carboxylic acid groups (broad SMARTS) is 1. The van der Waals surface area contributed by atoms with Crippen molar-refractivity contribution in [3.8, 4) is 5.75 Å². The van der Waals surface area contributed by atoms with Gasteiger partial charge in [0.25, 0.3) is 0 Å². The number of nitrogens with zero attached hydrogens (tertiary/aromatic N) is 1. The van der Waals surface area contributed by atoms with E-state index in [1.807, 2.05) is 60.7 Å². The van der Waals surface area contributed by atoms with Crippen molar-refractivity contribution in [2.45, 2.75) is 12.5 Å². The summed E-state index contributed by atoms with van der Waals surface area (Å²) in [4.78, 5) is 16.4. The normalized spacial score (nSPS) is 11.5. The Bertz CT molecular complexity index is 863. The number of aliphatic imine (C=N–C) groups is 1. The van der Waals surface area contributed by atoms with Crippen LogP contribution in [0.5, 0.6) is 5.75 Å². The lowest BCUT2D eigenvalue weighted by molar-refractivity contribution is -0.138. The molecule has 0 fully saturated rings. The van der Waals surface area contributed by atoms with Gasteiger partial charge in [-0.2, -0.15) is 0 Å². The summed E-state index contributed by atoms with van der Waals surface area (Å²) in [5.41, 5.74) is 3.09. The van der Waals surface area contributed by atoms with Gasteiger partial charge in [-0.3, -0.25) is 4.99 Å². The van der Waals surface area contributed by atoms with E-state index in [0.717, 1.165) is 16.7 Å². The topological polar surface area (TPSA) is 69.9 Å². The molecule has 0 spiro atoms. The summed E-state index contributed by atoms with van der Waals surface area (Å²) in [6, 6.07) is 24.7. The average molecular weight is 345 g/mol. The summed E-state index contributed by atoms with van der Waals surface area (Å²) in [5.74, 6) is -0.889. The van der Waals surface area contributed by atoms with Crippen LogP contribution in [0.3, 0.4) is 0 Å². The van der Waals surface area contributed by atoms with Crippen LogP contribution >= 0.6 is 0 Å². The highest BCUT2D eigenvalue weighted by molar-refractivity contribution is 6.13. The first kappa shape index (κ1) is 17.4. The number of benzene rings is 3. The molecular weight excluding hydrogens is 326 g/mol. The number of carbonyl (C=O) groups is 1. The number of phenolic OH excluding ortho intramolecular Hbond substituents is 1. The van der Waals surface area contributed by atoms with Gasteiger partial charge in [-0.1, -0.05) is 72.8 Å². The summed E-state index contributed by atoms with van der Waals surface area (Å²) in [6.45, 7) is 0. The van der Waals surface area contributed by atoms with Crippen LogP contribution in [-0.2, 0) is 11.2 Å². The second-order valence-corrected chi connectivity index (χ2v) is 5.94. The van der Waals surface area contributed by atoms with Crippen LogP contribution in [0.4, 0.5) is 0 Å². The van der Waals surface area contributed by atoms with Crippen molar-refractivity contribution in [3.63, 3.8) is 0 Å². The quantitative estimate of drug-likeness (QED) is 0.665. The predicted octanol–water partition coefficient (Wildman–Crippen LogP) is 3.93. The van der Waals surface area contributed by atoms with E-state index in [2.05, 4.69) is 4.99 Å². The minimum absolute atomic E-state index is 0.113. The summed E-state index contributed by atoms with van der Waals surface area (Å²) in [5, 5.41) is 19.3. The number of hydrogen-bond donors (Lipinski definition) is 2. The molecule has 0 aromatic heterocycles. The minimum Gasteiger partial charge on any atom is -0.508 e. The van der Waals surface area contributed by atoms with Crippen LogP contribution in [0.2, 0.25) is 0 Å². The highest BCUT2D eigenvalue weighted by atomic mass is 16.4. The number of aliphatic carboxylic acids is 1. The molecule has 0 heterocycles. The monoisotopic (exact) mass is 345 g/mol. The summed E-state index contributed by atoms with van der Waals surface area (Å²) >= 11 is 0. The number of hydrogen-bond acceptors (Lipinski definition) is 3. The fraction of sp³-hybridized carbons (Fsp3) is 0.0909. The lowest BCUT2D eigenvalue weighted by Gasteiger charge is -2.13. The smallest absolute Gasteiger partial charge is 0.328 e. The Labute approximate surface area is 152 Å². The lowest BCUT2D eigenvalue weighted by atomic mass is 10.0. The van der Waals surface area contributed by atoms with E-state index in [-0.39, 0.29) is 12.2 Å². The van der Waals surface area contributed by atoms with Gasteiger partial charge in [-0.25, -0.2) is 4.79 Å². The van der Waals surface area contributed by atoms with Gasteiger partial charge in [-0.05, 0) is 17.7 Å². The van der Waals surface area contributed by atoms with Gasteiger partial charge in [0.05, 0.1) is 5.71 Å². The molecule has 3 aromatic rings. The summed E-state index contributed by atoms with van der Waals surface area (Å²) < 4.78 is 0. The molecule has 2 N–H and O–H groups in total. The highest BCUT2D eigenvalue weighted by Crippen LogP contribution is 2.17. The molecule has 4 nitrogen and oxygen atoms in total. The number of aromatic hydroxyl groups is 1. The third kappa shape index (κ3) is 4.36. The molecule has 0 aliphatic rings. The van der Waals surface area contributed by atoms with Crippen LogP contribution in [0.15, 0.2) is 89.9 Å². The third-order valence-corrected chi connectivity index (χ3v) is 4.00. The van der Waals surface area contributed by atoms with Crippen LogP contribution in [-0.4, -0.2) is 27.9 Å². The zero-order valence-corrected chi connectivity index (χ0v) is 14.1. The van der Waals surface area contributed by atoms with Crippen molar-refractivity contribution in [1.29, 1.82) is 0 Å². The second-order valence-electron chi connectivity index (χ2n) is 5.94. The van der Waals surface area contributed by atoms with Crippen molar-refractivity contribution in [2.75, 3.05) is 0 Å². The Balaban J connectivity index is 2.02. The molecule has 4 heteroatoms. The van der Waals surface area contributed by atoms with E-state index in [1.54, 1.807) is 24.3 Å². The maximum absolute atomic E-state index is 11.8. The maximum Gasteiger partial charge on any atom is 0.328 e. The third-order valence-electron chi connectivity index (χ3n) is 4.00. The van der Waals surface area contributed by atoms with Crippen molar-refractivity contribution in [1.82, 2.24) is 0 Å². The molecule has 0 saturated carbocycles. The van der Waals surface area contributed by atoms with Gasteiger partial charge < -0.3 is 10.2 Å². The van der Waals surface area contributed by atoms with E-state index < -0.39 is 12.0 Å². The fourth-order valence-corrected chi connectivity index (χ4v) is 2.76. The second kappa shape index (κ2) is 8.12. The standard InChI is InChI=1S/C22H19NO3/c24-19-13-7-8-16(14-19)15-20(22(25)26)23-21(17-9-3-1-4-10-17)18-11-5-2-6-12-18/h1-14,20,24H,15H2,(H,25,26). The molecule has 3 rings (SSSR count). The molecule has 0 radical (unpaired) electrons. The Morgan fingerprint density at radius 1 is 0.846 bits per heavy atom. The van der Waals surface area contributed by atoms with Gasteiger partial charge in [0.2, 0.25) is 0 Å². The Morgan fingerprint density at radius 3 is 1.92 bits per heavy atom. The molecule has 0 saturated heterocycles. The molecular formula is C22H19NO3. The first-order chi connectivity index (χ1) is 12.6. The molecule has 3 aromatic carbocycles. The van der Waals surface area contributed by atoms with Crippen molar-refractivity contribution >= 4 is 11.7 Å². The average Bonchev–Trinajstić information content (AvgIpc) is 2.66. The van der Waals surface area contributed by atoms with Crippen LogP contribution < -0.4 is 0 Å². The SMILES string of the molecule is O=C(O)C(Cc1cccc(O)c1)N=C(c1ccccc1)c1ccccc1. The molecule has 1 atom stereocenters. The molecule has 26 heavy (non-hydrogen) atoms. The van der Waals surface area contributed by atoms with Crippen LogP contribution in [0.25, 0.3) is 0 Å². The van der Waals surface area contributed by atoms with Gasteiger partial charge in [0, 0.05) is 17.5 Å². The van der Waals surface area contributed by atoms with E-state index in [9.17, 15) is 15.0 Å². The van der Waals surface area contributed by atoms with Gasteiger partial charge >= 0.3 is 5.97 Å². The van der Waals surface area contributed by atoms with E-state index in [1.165, 1.54) is 0 Å². The predicted molar refractivity (Wildman–Crippen MR) is 102 cm³/mol. The molecule has 0 aliphatic carbocycles. The van der Waals surface area contributed by atoms with Crippen molar-refractivity contribution in [2.24, 2.45) is 4.99 Å². The molecule has 0 amide bonds. The van der Waals surface area contributed by atoms with E-state index in [0.29, 0.717) is 5.71 Å². The maximum atomic E-state index is 11.8. The van der Waals surface area contributed by atoms with Gasteiger partial charge in [-0.15, -0.1) is 0 Å². The molecule has 130 valence electrons. The van der Waals surface area contributed by atoms with Gasteiger partial charge in [0.1, 0.15) is 5.75 Å². The first-order valence-electron chi connectivity index (χ1n) is 8.33. The van der Waals surface area contributed by atoms with Crippen molar-refractivity contribution < 1.29 is 15.0 Å². The Morgan fingerprint density at radius 2 is 1.42 bits per heavy atom. The largest absolute Gasteiger partial charge is 0.508 e. The number of phenols is 1. The van der Waals surface area contributed by atoms with Gasteiger partial charge in [0.15, 0.2) is 6.04 Å². The molecule has 1 unspecified atom stereocenters. The van der Waals surface area contributed by atoms with E-state index >= 15 is 0 Å². The minimum atomic E-state index is -1.00. The highest BCUT2D eigenvalue weighted by Gasteiger charge is 2.19. The number of carboxylic acids is 1. The first-order valence-corrected chi connectivity index (χ1v) is 8.33. The Hall–Kier alpha value is -3.40. The Kier molecular flexibility index (Phi) is 5.44. The van der Waals surface area contributed by atoms with E-state index in [4.69, 9.17) is 0 Å². The fourth-order valence-electron chi connectivity index (χ4n) is 2.76. The molecule has 0 aliphatic heterocycles. The zero-order chi connectivity index (χ0) is 18.4. The lowest BCUT2D eigenvalue weighted by Crippen LogP contribution is -2.23. The van der Waals surface area contributed by atoms with Crippen LogP contribution in [0.1, 0.15) is 16.7 Å². The van der Waals surface area contributed by atoms with Crippen LogP contribution in [0, 0.1) is 0 Å². The summed E-state index contributed by atoms with van der Waals surface area (Å²) in [7, 11) is 0. The zero-order valence-electron chi connectivity index (χ0n) is 14.1. The molecule has 0 bridgehead atoms. The number of rotatable bonds is 6.